The molecule has 1 aromatic carbocycles. The first-order valence-electron chi connectivity index (χ1n) is 4.13. The molecule has 2 nitrogen and oxygen atoms in total. The van der Waals surface area contributed by atoms with Crippen molar-refractivity contribution in [2.45, 2.75) is 13.3 Å². The summed E-state index contributed by atoms with van der Waals surface area (Å²) in [5.41, 5.74) is 10.4. The third kappa shape index (κ3) is 7.25. The van der Waals surface area contributed by atoms with Gasteiger partial charge >= 0.3 is 0 Å². The second-order valence-electron chi connectivity index (χ2n) is 1.84. The molecule has 0 heterocycles. The van der Waals surface area contributed by atoms with Gasteiger partial charge in [-0.2, -0.15) is 0 Å². The van der Waals surface area contributed by atoms with Crippen molar-refractivity contribution in [3.8, 4) is 0 Å². The summed E-state index contributed by atoms with van der Waals surface area (Å²) in [7, 11) is 3.00. The van der Waals surface area contributed by atoms with Crippen LogP contribution in [0.3, 0.4) is 0 Å². The van der Waals surface area contributed by atoms with Crippen molar-refractivity contribution in [2.75, 3.05) is 14.1 Å². The molecule has 0 atom stereocenters. The minimum absolute atomic E-state index is 1.14. The number of aryl methyl sites for hydroxylation is 1. The monoisotopic (exact) mass is 168 g/mol. The van der Waals surface area contributed by atoms with Crippen LogP contribution >= 0.6 is 0 Å². The van der Waals surface area contributed by atoms with E-state index in [2.05, 4.69) is 42.7 Å². The van der Waals surface area contributed by atoms with Gasteiger partial charge in [0.2, 0.25) is 0 Å². The number of hydrogen-bond donors (Lipinski definition) is 2. The zero-order valence-electron chi connectivity index (χ0n) is 8.25. The van der Waals surface area contributed by atoms with Crippen LogP contribution in [0.1, 0.15) is 12.5 Å². The molecule has 0 fully saturated rings. The first-order valence-corrected chi connectivity index (χ1v) is 4.13. The van der Waals surface area contributed by atoms with Crippen molar-refractivity contribution in [1.82, 2.24) is 0 Å². The summed E-state index contributed by atoms with van der Waals surface area (Å²) < 4.78 is 0. The summed E-state index contributed by atoms with van der Waals surface area (Å²) >= 11 is 0. The fraction of sp³-hybridized carbons (Fsp3) is 0.400. The Morgan fingerprint density at radius 2 is 1.33 bits per heavy atom. The van der Waals surface area contributed by atoms with E-state index >= 15 is 0 Å². The summed E-state index contributed by atoms with van der Waals surface area (Å²) in [5.74, 6) is 0. The van der Waals surface area contributed by atoms with Crippen LogP contribution in [0.15, 0.2) is 30.3 Å². The second-order valence-corrected chi connectivity index (χ2v) is 1.84. The molecule has 0 aromatic heterocycles. The summed E-state index contributed by atoms with van der Waals surface area (Å²) in [6, 6.07) is 10.5. The third-order valence-electron chi connectivity index (χ3n) is 1.25. The van der Waals surface area contributed by atoms with Gasteiger partial charge < -0.3 is 11.5 Å². The quantitative estimate of drug-likeness (QED) is 0.666. The molecule has 4 N–H and O–H groups in total. The maximum atomic E-state index is 4.50. The molecule has 12 heavy (non-hydrogen) atoms. The van der Waals surface area contributed by atoms with Gasteiger partial charge in [-0.25, -0.2) is 0 Å². The Labute approximate surface area is 75.6 Å². The van der Waals surface area contributed by atoms with Gasteiger partial charge in [-0.3, -0.25) is 0 Å². The lowest BCUT2D eigenvalue weighted by atomic mass is 10.2. The number of rotatable bonds is 1. The average molecular weight is 168 g/mol. The van der Waals surface area contributed by atoms with Gasteiger partial charge in [0.15, 0.2) is 0 Å². The summed E-state index contributed by atoms with van der Waals surface area (Å²) in [6.45, 7) is 2.16. The zero-order valence-corrected chi connectivity index (χ0v) is 8.25. The smallest absolute Gasteiger partial charge is 0.0195 e. The lowest BCUT2D eigenvalue weighted by Gasteiger charge is -1.89. The minimum atomic E-state index is 1.14. The SMILES string of the molecule is CCc1ccccc1.CN.CN. The van der Waals surface area contributed by atoms with Crippen LogP contribution in [-0.2, 0) is 6.42 Å². The third-order valence-corrected chi connectivity index (χ3v) is 1.25. The van der Waals surface area contributed by atoms with Gasteiger partial charge in [-0.05, 0) is 26.1 Å². The highest BCUT2D eigenvalue weighted by Gasteiger charge is 1.79. The van der Waals surface area contributed by atoms with E-state index in [9.17, 15) is 0 Å². The molecule has 0 unspecified atom stereocenters. The van der Waals surface area contributed by atoms with Crippen molar-refractivity contribution in [3.05, 3.63) is 35.9 Å². The average Bonchev–Trinajstić information content (AvgIpc) is 2.25. The lowest BCUT2D eigenvalue weighted by molar-refractivity contribution is 1.14. The van der Waals surface area contributed by atoms with Crippen molar-refractivity contribution in [2.24, 2.45) is 11.5 Å². The molecular formula is C10H20N2. The summed E-state index contributed by atoms with van der Waals surface area (Å²) in [5, 5.41) is 0. The molecule has 0 spiro atoms. The maximum Gasteiger partial charge on any atom is -0.0195 e. The van der Waals surface area contributed by atoms with Crippen LogP contribution in [-0.4, -0.2) is 14.1 Å². The number of benzene rings is 1. The lowest BCUT2D eigenvalue weighted by Crippen LogP contribution is -1.73. The Hall–Kier alpha value is -0.860. The van der Waals surface area contributed by atoms with Gasteiger partial charge in [-0.1, -0.05) is 37.3 Å². The predicted octanol–water partition coefficient (Wildman–Crippen LogP) is 1.40. The topological polar surface area (TPSA) is 52.0 Å². The normalized spacial score (nSPS) is 7.08. The molecule has 0 amide bonds. The molecule has 1 rings (SSSR count). The Kier molecular flexibility index (Phi) is 14.6. The molecular weight excluding hydrogens is 148 g/mol. The first-order chi connectivity index (χ1) is 5.93. The molecule has 0 aliphatic rings. The Morgan fingerprint density at radius 3 is 1.58 bits per heavy atom. The first kappa shape index (κ1) is 13.7. The molecule has 70 valence electrons. The van der Waals surface area contributed by atoms with E-state index < -0.39 is 0 Å². The highest BCUT2D eigenvalue weighted by Crippen LogP contribution is 1.96. The molecule has 0 bridgehead atoms. The van der Waals surface area contributed by atoms with E-state index in [0.29, 0.717) is 0 Å². The van der Waals surface area contributed by atoms with Crippen molar-refractivity contribution >= 4 is 0 Å². The van der Waals surface area contributed by atoms with E-state index in [1.807, 2.05) is 6.07 Å². The number of nitrogens with two attached hydrogens (primary N) is 2. The molecule has 2 heteroatoms. The fourth-order valence-corrected chi connectivity index (χ4v) is 0.714. The van der Waals surface area contributed by atoms with Crippen LogP contribution in [0.5, 0.6) is 0 Å². The van der Waals surface area contributed by atoms with Crippen LogP contribution in [0.2, 0.25) is 0 Å². The van der Waals surface area contributed by atoms with E-state index in [1.165, 1.54) is 19.7 Å². The van der Waals surface area contributed by atoms with E-state index in [4.69, 9.17) is 0 Å². The molecule has 1 aromatic rings. The van der Waals surface area contributed by atoms with Crippen LogP contribution in [0.25, 0.3) is 0 Å². The van der Waals surface area contributed by atoms with Gasteiger partial charge in [0.05, 0.1) is 0 Å². The summed E-state index contributed by atoms with van der Waals surface area (Å²) in [6.07, 6.45) is 1.14. The maximum absolute atomic E-state index is 4.50. The van der Waals surface area contributed by atoms with E-state index in [1.54, 1.807) is 0 Å². The summed E-state index contributed by atoms with van der Waals surface area (Å²) in [4.78, 5) is 0. The van der Waals surface area contributed by atoms with E-state index in [-0.39, 0.29) is 0 Å². The van der Waals surface area contributed by atoms with Crippen molar-refractivity contribution in [3.63, 3.8) is 0 Å². The highest BCUT2D eigenvalue weighted by molar-refractivity contribution is 5.13. The van der Waals surface area contributed by atoms with Crippen molar-refractivity contribution in [1.29, 1.82) is 0 Å². The zero-order chi connectivity index (χ0) is 9.82. The molecule has 0 aliphatic heterocycles. The van der Waals surface area contributed by atoms with Crippen molar-refractivity contribution < 1.29 is 0 Å². The van der Waals surface area contributed by atoms with Gasteiger partial charge in [0.1, 0.15) is 0 Å². The molecule has 0 saturated carbocycles. The van der Waals surface area contributed by atoms with E-state index in [0.717, 1.165) is 6.42 Å². The molecule has 0 aliphatic carbocycles. The fourth-order valence-electron chi connectivity index (χ4n) is 0.714. The van der Waals surface area contributed by atoms with Gasteiger partial charge in [0, 0.05) is 0 Å². The van der Waals surface area contributed by atoms with Gasteiger partial charge in [-0.15, -0.1) is 0 Å². The highest BCUT2D eigenvalue weighted by atomic mass is 14.4. The Bertz CT molecular complexity index is 149. The Morgan fingerprint density at radius 1 is 0.917 bits per heavy atom. The second kappa shape index (κ2) is 12.8. The van der Waals surface area contributed by atoms with Crippen LogP contribution in [0, 0.1) is 0 Å². The number of hydrogen-bond acceptors (Lipinski definition) is 2. The predicted molar refractivity (Wildman–Crippen MR) is 56.0 cm³/mol. The van der Waals surface area contributed by atoms with Crippen LogP contribution in [0.4, 0.5) is 0 Å². The standard InChI is InChI=1S/C8H10.2CH5N/c1-2-8-6-4-3-5-7-8;2*1-2/h3-7H,2H2,1H3;2*2H2,1H3. The largest absolute Gasteiger partial charge is 0.333 e. The van der Waals surface area contributed by atoms with Crippen LogP contribution < -0.4 is 11.5 Å². The molecule has 0 radical (unpaired) electrons. The minimum Gasteiger partial charge on any atom is -0.333 e. The Balaban J connectivity index is 0. The van der Waals surface area contributed by atoms with Gasteiger partial charge in [0.25, 0.3) is 0 Å². The molecule has 0 saturated heterocycles.